The smallest absolute Gasteiger partial charge is 0.307 e. The summed E-state index contributed by atoms with van der Waals surface area (Å²) in [4.78, 5) is 29.2. The third-order valence-corrected chi connectivity index (χ3v) is 16.1. The molecule has 0 spiro atoms. The number of allylic oxidation sites excluding steroid dienone is 1. The zero-order valence-electron chi connectivity index (χ0n) is 32.6. The highest BCUT2D eigenvalue weighted by Gasteiger charge is 2.72. The molecule has 3 saturated carbocycles. The van der Waals surface area contributed by atoms with Gasteiger partial charge in [-0.15, -0.1) is 0 Å². The van der Waals surface area contributed by atoms with Gasteiger partial charge in [0.15, 0.2) is 6.04 Å². The number of carboxylic acids is 1. The first-order chi connectivity index (χ1) is 23.2. The molecular formula is C39H65N6O5+. The van der Waals surface area contributed by atoms with Crippen LogP contribution in [0.3, 0.4) is 0 Å². The Morgan fingerprint density at radius 1 is 1.14 bits per heavy atom. The molecule has 5 aliphatic rings. The van der Waals surface area contributed by atoms with Crippen molar-refractivity contribution < 1.29 is 29.0 Å². The molecule has 0 radical (unpaired) electrons. The Balaban J connectivity index is 1.47. The van der Waals surface area contributed by atoms with Crippen LogP contribution in [-0.4, -0.2) is 63.5 Å². The van der Waals surface area contributed by atoms with Gasteiger partial charge in [0, 0.05) is 28.4 Å². The molecule has 50 heavy (non-hydrogen) atoms. The van der Waals surface area contributed by atoms with Crippen LogP contribution in [-0.2, 0) is 19.1 Å². The van der Waals surface area contributed by atoms with Gasteiger partial charge in [0.2, 0.25) is 0 Å². The van der Waals surface area contributed by atoms with Gasteiger partial charge in [-0.1, -0.05) is 78.8 Å². The number of carbonyl (C=O) groups is 2. The Morgan fingerprint density at radius 3 is 2.46 bits per heavy atom. The van der Waals surface area contributed by atoms with E-state index in [0.29, 0.717) is 38.1 Å². The molecule has 280 valence electrons. The minimum absolute atomic E-state index is 0.186. The highest BCUT2D eigenvalue weighted by Crippen LogP contribution is 2.75. The number of hydrogen-bond donors (Lipinski definition) is 3. The minimum Gasteiger partial charge on any atom is -0.481 e. The van der Waals surface area contributed by atoms with Gasteiger partial charge in [-0.25, -0.2) is 0 Å². The number of nitrogens with one attached hydrogen (secondary N) is 1. The van der Waals surface area contributed by atoms with E-state index in [-0.39, 0.29) is 57.5 Å². The van der Waals surface area contributed by atoms with Crippen LogP contribution < -0.4 is 16.0 Å². The SMILES string of the molecule is CC(=O)Nn1cnn[n+]1[C@@H]1C[C@@]23COC[C@@](C)([C@@H]2CC[C@H]2C3=CC[C@@]3(C)C(C(=O)O)[C@@](C)([C@H](C)C(C)C)CC[C@]23C)[C@H]1OC[C@](C)(N)C(C)C. The maximum atomic E-state index is 13.5. The van der Waals surface area contributed by atoms with Crippen LogP contribution in [0.25, 0.3) is 0 Å². The Morgan fingerprint density at radius 2 is 1.84 bits per heavy atom. The van der Waals surface area contributed by atoms with Crippen molar-refractivity contribution in [1.82, 2.24) is 15.1 Å². The van der Waals surface area contributed by atoms with Crippen LogP contribution in [0.4, 0.5) is 0 Å². The summed E-state index contributed by atoms with van der Waals surface area (Å²) in [5.41, 5.74) is 9.06. The summed E-state index contributed by atoms with van der Waals surface area (Å²) in [7, 11) is 0. The Labute approximate surface area is 299 Å². The van der Waals surface area contributed by atoms with E-state index in [1.165, 1.54) is 18.8 Å². The molecule has 6 rings (SSSR count). The first-order valence-electron chi connectivity index (χ1n) is 19.2. The van der Waals surface area contributed by atoms with Gasteiger partial charge in [-0.05, 0) is 96.1 Å². The minimum atomic E-state index is -0.648. The first-order valence-corrected chi connectivity index (χ1v) is 19.2. The van der Waals surface area contributed by atoms with Crippen LogP contribution in [0.15, 0.2) is 18.0 Å². The van der Waals surface area contributed by atoms with Crippen molar-refractivity contribution in [3.8, 4) is 0 Å². The number of nitrogens with zero attached hydrogens (tertiary/aromatic N) is 4. The number of ether oxygens (including phenoxy) is 2. The summed E-state index contributed by atoms with van der Waals surface area (Å²) in [6.45, 7) is 25.4. The number of aromatic nitrogens is 4. The molecule has 1 unspecified atom stereocenters. The summed E-state index contributed by atoms with van der Waals surface area (Å²) in [5.74, 6) is 0.143. The molecule has 1 aliphatic heterocycles. The van der Waals surface area contributed by atoms with Crippen molar-refractivity contribution >= 4 is 11.9 Å². The summed E-state index contributed by atoms with van der Waals surface area (Å²) in [6.07, 6.45) is 9.11. The number of carbonyl (C=O) groups excluding carboxylic acids is 1. The van der Waals surface area contributed by atoms with Crippen LogP contribution in [0, 0.1) is 62.6 Å². The zero-order chi connectivity index (χ0) is 36.8. The molecule has 11 nitrogen and oxygen atoms in total. The third-order valence-electron chi connectivity index (χ3n) is 16.1. The van der Waals surface area contributed by atoms with Gasteiger partial charge in [0.25, 0.3) is 12.2 Å². The molecule has 2 heterocycles. The van der Waals surface area contributed by atoms with E-state index in [9.17, 15) is 14.7 Å². The molecule has 4 fully saturated rings. The van der Waals surface area contributed by atoms with Gasteiger partial charge in [-0.3, -0.25) is 9.59 Å². The number of aliphatic carboxylic acids is 1. The molecule has 1 saturated heterocycles. The van der Waals surface area contributed by atoms with Crippen molar-refractivity contribution in [2.24, 2.45) is 68.3 Å². The van der Waals surface area contributed by atoms with E-state index in [2.05, 4.69) is 84.1 Å². The van der Waals surface area contributed by atoms with E-state index in [0.717, 1.165) is 32.1 Å². The lowest BCUT2D eigenvalue weighted by Gasteiger charge is -2.71. The average molecular weight is 698 g/mol. The van der Waals surface area contributed by atoms with Crippen molar-refractivity contribution in [2.45, 2.75) is 132 Å². The number of tetrazole rings is 1. The molecule has 4 N–H and O–H groups in total. The average Bonchev–Trinajstić information content (AvgIpc) is 3.47. The fraction of sp³-hybridized carbons (Fsp3) is 0.872. The second kappa shape index (κ2) is 12.4. The summed E-state index contributed by atoms with van der Waals surface area (Å²) < 4.78 is 13.7. The summed E-state index contributed by atoms with van der Waals surface area (Å²) in [5, 5.41) is 19.9. The first kappa shape index (κ1) is 37.4. The van der Waals surface area contributed by atoms with Crippen LogP contribution >= 0.6 is 0 Å². The number of rotatable bonds is 9. The van der Waals surface area contributed by atoms with Gasteiger partial charge >= 0.3 is 5.97 Å². The predicted molar refractivity (Wildman–Crippen MR) is 190 cm³/mol. The second-order valence-electron chi connectivity index (χ2n) is 19.2. The molecular weight excluding hydrogens is 632 g/mol. The molecule has 0 aromatic carbocycles. The maximum absolute atomic E-state index is 13.5. The van der Waals surface area contributed by atoms with Gasteiger partial charge in [-0.2, -0.15) is 5.43 Å². The monoisotopic (exact) mass is 698 g/mol. The van der Waals surface area contributed by atoms with Crippen molar-refractivity contribution in [1.29, 1.82) is 0 Å². The van der Waals surface area contributed by atoms with E-state index in [1.54, 1.807) is 9.59 Å². The normalized spacial score (nSPS) is 42.8. The number of fused-ring (bicyclic) bond motifs is 3. The van der Waals surface area contributed by atoms with Gasteiger partial charge in [0.1, 0.15) is 6.10 Å². The third kappa shape index (κ3) is 5.25. The van der Waals surface area contributed by atoms with Gasteiger partial charge in [0.05, 0.1) is 31.0 Å². The highest BCUT2D eigenvalue weighted by molar-refractivity contribution is 5.80. The lowest BCUT2D eigenvalue weighted by atomic mass is 9.34. The fourth-order valence-corrected chi connectivity index (χ4v) is 12.2. The van der Waals surface area contributed by atoms with E-state index >= 15 is 0 Å². The number of hydrogen-bond acceptors (Lipinski definition) is 7. The standard InChI is InChI=1S/C39H64N6O5/c1-23(2)25(5)34(7)16-17-36(9)27-12-13-30-35(8)19-49-21-39(30,28(27)14-15-37(36,10)31(34)33(47)48)18-29(32(35)50-20-38(11,40)24(3)4)45-43-41-22-44(45)42-26(6)46/h14,22-25,27,29-32H,12-13,15-21,40H2,1-11H3,(H-,42,43,46,47,48)/p+1/t25-,27+,29-,30+,31?,32+,34-,35+,36-,37+,38+,39+/m1/s1. The largest absolute Gasteiger partial charge is 0.481 e. The lowest BCUT2D eigenvalue weighted by Crippen LogP contribution is -2.73. The van der Waals surface area contributed by atoms with Crippen molar-refractivity contribution in [3.63, 3.8) is 0 Å². The van der Waals surface area contributed by atoms with Crippen LogP contribution in [0.2, 0.25) is 0 Å². The molecule has 2 bridgehead atoms. The number of nitrogens with two attached hydrogens (primary N) is 1. The zero-order valence-corrected chi connectivity index (χ0v) is 32.6. The molecule has 11 heteroatoms. The Hall–Kier alpha value is -2.37. The fourth-order valence-electron chi connectivity index (χ4n) is 12.2. The van der Waals surface area contributed by atoms with Crippen LogP contribution in [0.5, 0.6) is 0 Å². The molecule has 1 aromatic heterocycles. The second-order valence-corrected chi connectivity index (χ2v) is 19.2. The van der Waals surface area contributed by atoms with Crippen molar-refractivity contribution in [3.05, 3.63) is 18.0 Å². The number of carboxylic acid groups (broad SMARTS) is 1. The maximum Gasteiger partial charge on any atom is 0.307 e. The molecule has 12 atom stereocenters. The summed E-state index contributed by atoms with van der Waals surface area (Å²) >= 11 is 0. The van der Waals surface area contributed by atoms with E-state index < -0.39 is 22.8 Å². The molecule has 4 aliphatic carbocycles. The quantitative estimate of drug-likeness (QED) is 0.225. The Bertz CT molecular complexity index is 1520. The number of amides is 1. The van der Waals surface area contributed by atoms with Crippen molar-refractivity contribution in [2.75, 3.05) is 25.2 Å². The van der Waals surface area contributed by atoms with Crippen LogP contribution in [0.1, 0.15) is 121 Å². The summed E-state index contributed by atoms with van der Waals surface area (Å²) in [6, 6.07) is -0.258. The lowest BCUT2D eigenvalue weighted by molar-refractivity contribution is -0.855. The van der Waals surface area contributed by atoms with E-state index in [4.69, 9.17) is 15.2 Å². The Kier molecular flexibility index (Phi) is 9.24. The van der Waals surface area contributed by atoms with E-state index in [1.807, 2.05) is 6.92 Å². The highest BCUT2D eigenvalue weighted by atomic mass is 16.5. The molecule has 1 amide bonds. The topological polar surface area (TPSA) is 145 Å². The molecule has 1 aromatic rings. The predicted octanol–water partition coefficient (Wildman–Crippen LogP) is 5.54. The van der Waals surface area contributed by atoms with Gasteiger partial charge < -0.3 is 20.3 Å².